The minimum absolute atomic E-state index is 0.631. The maximum atomic E-state index is 5.16. The van der Waals surface area contributed by atoms with Gasteiger partial charge in [-0.3, -0.25) is 4.98 Å². The molecule has 0 aliphatic rings. The monoisotopic (exact) mass is 638 g/mol. The molecule has 0 aliphatic carbocycles. The fraction of sp³-hybridized carbons (Fsp3) is 0. The average Bonchev–Trinajstić information content (AvgIpc) is 3.21. The predicted molar refractivity (Wildman–Crippen MR) is 205 cm³/mol. The maximum Gasteiger partial charge on any atom is 0.164 e. The summed E-state index contributed by atoms with van der Waals surface area (Å²) in [5.41, 5.74) is 9.72. The Morgan fingerprint density at radius 1 is 0.300 bits per heavy atom. The van der Waals surface area contributed by atoms with E-state index in [9.17, 15) is 0 Å². The molecule has 0 amide bonds. The normalized spacial score (nSPS) is 11.2. The number of nitrogens with zero attached hydrogens (tertiary/aromatic N) is 4. The second-order valence-corrected chi connectivity index (χ2v) is 12.3. The highest BCUT2D eigenvalue weighted by atomic mass is 15.0. The predicted octanol–water partition coefficient (Wildman–Crippen LogP) is 11.6. The number of benzene rings is 7. The molecule has 0 saturated carbocycles. The highest BCUT2D eigenvalue weighted by Crippen LogP contribution is 2.36. The van der Waals surface area contributed by atoms with Crippen LogP contribution in [0.3, 0.4) is 0 Å². The molecule has 0 bridgehead atoms. The van der Waals surface area contributed by atoms with Crippen LogP contribution in [0, 0.1) is 0 Å². The van der Waals surface area contributed by atoms with Crippen LogP contribution in [0.15, 0.2) is 182 Å². The fourth-order valence-electron chi connectivity index (χ4n) is 6.66. The fourth-order valence-corrected chi connectivity index (χ4v) is 6.66. The lowest BCUT2D eigenvalue weighted by Gasteiger charge is -2.13. The van der Waals surface area contributed by atoms with E-state index in [0.29, 0.717) is 17.5 Å². The second-order valence-electron chi connectivity index (χ2n) is 12.3. The van der Waals surface area contributed by atoms with Gasteiger partial charge >= 0.3 is 0 Å². The molecule has 2 heterocycles. The highest BCUT2D eigenvalue weighted by molar-refractivity contribution is 6.04. The molecule has 0 fully saturated rings. The van der Waals surface area contributed by atoms with Crippen molar-refractivity contribution in [3.8, 4) is 67.5 Å². The SMILES string of the molecule is c1ccc(-c2ccc(-c3nc(-c4ccc5cc(-c6cccnc6)ccc5c4)nc(-c4ccc(-c5ccccc5)c5ccccc45)n3)cc2)cc1. The molecule has 0 saturated heterocycles. The Balaban J connectivity index is 1.19. The van der Waals surface area contributed by atoms with E-state index in [1.807, 2.05) is 24.4 Å². The number of hydrogen-bond acceptors (Lipinski definition) is 4. The number of pyridine rings is 1. The molecule has 9 aromatic rings. The zero-order chi connectivity index (χ0) is 33.3. The molecule has 50 heavy (non-hydrogen) atoms. The third-order valence-corrected chi connectivity index (χ3v) is 9.23. The summed E-state index contributed by atoms with van der Waals surface area (Å²) >= 11 is 0. The number of fused-ring (bicyclic) bond motifs is 2. The smallest absolute Gasteiger partial charge is 0.164 e. The van der Waals surface area contributed by atoms with Crippen molar-refractivity contribution in [2.45, 2.75) is 0 Å². The van der Waals surface area contributed by atoms with Gasteiger partial charge < -0.3 is 0 Å². The number of aromatic nitrogens is 4. The van der Waals surface area contributed by atoms with Gasteiger partial charge in [0.2, 0.25) is 0 Å². The third-order valence-electron chi connectivity index (χ3n) is 9.23. The Morgan fingerprint density at radius 2 is 0.800 bits per heavy atom. The highest BCUT2D eigenvalue weighted by Gasteiger charge is 2.16. The van der Waals surface area contributed by atoms with Crippen molar-refractivity contribution < 1.29 is 0 Å². The Morgan fingerprint density at radius 3 is 1.50 bits per heavy atom. The summed E-state index contributed by atoms with van der Waals surface area (Å²) in [7, 11) is 0. The van der Waals surface area contributed by atoms with E-state index >= 15 is 0 Å². The Bertz CT molecular complexity index is 2620. The third kappa shape index (κ3) is 5.59. The summed E-state index contributed by atoms with van der Waals surface area (Å²) in [5, 5.41) is 4.51. The summed E-state index contributed by atoms with van der Waals surface area (Å²) in [6.07, 6.45) is 3.69. The standard InChI is InChI=1S/C46H30N4/c1-3-10-31(11-4-1)32-17-19-34(20-18-32)44-48-45(38-24-23-35-28-37(22-21-36(35)29-38)39-14-9-27-47-30-39)50-46(49-44)43-26-25-40(33-12-5-2-6-13-33)41-15-7-8-16-42(41)43/h1-30H. The van der Waals surface area contributed by atoms with Crippen molar-refractivity contribution in [3.05, 3.63) is 182 Å². The molecule has 9 rings (SSSR count). The first kappa shape index (κ1) is 29.4. The minimum Gasteiger partial charge on any atom is -0.264 e. The van der Waals surface area contributed by atoms with E-state index in [1.54, 1.807) is 6.20 Å². The summed E-state index contributed by atoms with van der Waals surface area (Å²) < 4.78 is 0. The van der Waals surface area contributed by atoms with Crippen LogP contribution in [0.4, 0.5) is 0 Å². The van der Waals surface area contributed by atoms with Gasteiger partial charge in [0.1, 0.15) is 0 Å². The van der Waals surface area contributed by atoms with Crippen LogP contribution in [-0.4, -0.2) is 19.9 Å². The van der Waals surface area contributed by atoms with Crippen molar-refractivity contribution in [2.24, 2.45) is 0 Å². The molecule has 0 unspecified atom stereocenters. The van der Waals surface area contributed by atoms with Crippen LogP contribution in [0.25, 0.3) is 89.1 Å². The van der Waals surface area contributed by atoms with Crippen LogP contribution < -0.4 is 0 Å². The minimum atomic E-state index is 0.631. The quantitative estimate of drug-likeness (QED) is 0.182. The van der Waals surface area contributed by atoms with Crippen LogP contribution >= 0.6 is 0 Å². The summed E-state index contributed by atoms with van der Waals surface area (Å²) in [6, 6.07) is 59.2. The molecule has 0 spiro atoms. The van der Waals surface area contributed by atoms with Gasteiger partial charge in [0.15, 0.2) is 17.5 Å². The molecule has 4 nitrogen and oxygen atoms in total. The Labute approximate surface area is 290 Å². The van der Waals surface area contributed by atoms with E-state index in [1.165, 1.54) is 16.7 Å². The van der Waals surface area contributed by atoms with Crippen LogP contribution in [0.2, 0.25) is 0 Å². The van der Waals surface area contributed by atoms with E-state index in [2.05, 4.69) is 157 Å². The molecular weight excluding hydrogens is 609 g/mol. The summed E-state index contributed by atoms with van der Waals surface area (Å²) in [4.78, 5) is 19.7. The number of rotatable bonds is 6. The van der Waals surface area contributed by atoms with Gasteiger partial charge in [-0.05, 0) is 73.6 Å². The lowest BCUT2D eigenvalue weighted by Crippen LogP contribution is -2.01. The van der Waals surface area contributed by atoms with E-state index < -0.39 is 0 Å². The van der Waals surface area contributed by atoms with E-state index in [4.69, 9.17) is 15.0 Å². The number of hydrogen-bond donors (Lipinski definition) is 0. The van der Waals surface area contributed by atoms with Crippen molar-refractivity contribution >= 4 is 21.5 Å². The van der Waals surface area contributed by atoms with E-state index in [-0.39, 0.29) is 0 Å². The molecule has 0 radical (unpaired) electrons. The van der Waals surface area contributed by atoms with Gasteiger partial charge in [-0.2, -0.15) is 0 Å². The maximum absolute atomic E-state index is 5.16. The van der Waals surface area contributed by atoms with Gasteiger partial charge in [0, 0.05) is 34.6 Å². The second kappa shape index (κ2) is 12.7. The molecule has 234 valence electrons. The van der Waals surface area contributed by atoms with Crippen molar-refractivity contribution in [3.63, 3.8) is 0 Å². The molecular formula is C46H30N4. The lowest BCUT2D eigenvalue weighted by atomic mass is 9.94. The summed E-state index contributed by atoms with van der Waals surface area (Å²) in [5.74, 6) is 1.90. The zero-order valence-electron chi connectivity index (χ0n) is 27.1. The van der Waals surface area contributed by atoms with Gasteiger partial charge in [0.25, 0.3) is 0 Å². The topological polar surface area (TPSA) is 51.6 Å². The van der Waals surface area contributed by atoms with Gasteiger partial charge in [-0.1, -0.05) is 146 Å². The molecule has 7 aromatic carbocycles. The van der Waals surface area contributed by atoms with E-state index in [0.717, 1.165) is 54.9 Å². The molecule has 0 aliphatic heterocycles. The zero-order valence-corrected chi connectivity index (χ0v) is 27.1. The van der Waals surface area contributed by atoms with Crippen LogP contribution in [0.1, 0.15) is 0 Å². The molecule has 4 heteroatoms. The molecule has 2 aromatic heterocycles. The first-order valence-electron chi connectivity index (χ1n) is 16.7. The van der Waals surface area contributed by atoms with Gasteiger partial charge in [-0.15, -0.1) is 0 Å². The molecule has 0 N–H and O–H groups in total. The first-order chi connectivity index (χ1) is 24.8. The first-order valence-corrected chi connectivity index (χ1v) is 16.7. The lowest BCUT2D eigenvalue weighted by molar-refractivity contribution is 1.08. The van der Waals surface area contributed by atoms with Crippen LogP contribution in [0.5, 0.6) is 0 Å². The Hall–Kier alpha value is -6.78. The average molecular weight is 639 g/mol. The van der Waals surface area contributed by atoms with Crippen molar-refractivity contribution in [2.75, 3.05) is 0 Å². The summed E-state index contributed by atoms with van der Waals surface area (Å²) in [6.45, 7) is 0. The Kier molecular flexibility index (Phi) is 7.45. The van der Waals surface area contributed by atoms with Crippen molar-refractivity contribution in [1.82, 2.24) is 19.9 Å². The van der Waals surface area contributed by atoms with Gasteiger partial charge in [-0.25, -0.2) is 15.0 Å². The van der Waals surface area contributed by atoms with Gasteiger partial charge in [0.05, 0.1) is 0 Å². The van der Waals surface area contributed by atoms with Crippen LogP contribution in [-0.2, 0) is 0 Å². The largest absolute Gasteiger partial charge is 0.264 e. The molecule has 0 atom stereocenters. The van der Waals surface area contributed by atoms with Crippen molar-refractivity contribution in [1.29, 1.82) is 0 Å².